The highest BCUT2D eigenvalue weighted by atomic mass is 19.1. The van der Waals surface area contributed by atoms with Crippen LogP contribution in [0.4, 0.5) is 9.18 Å². The van der Waals surface area contributed by atoms with Crippen LogP contribution in [0.2, 0.25) is 0 Å². The summed E-state index contributed by atoms with van der Waals surface area (Å²) < 4.78 is 18.3. The first-order chi connectivity index (χ1) is 7.12. The number of carbonyl (C=O) groups is 1. The number of hydrogen-bond acceptors (Lipinski definition) is 4. The molecule has 0 aliphatic carbocycles. The largest absolute Gasteiger partial charge is 0.444 e. The Morgan fingerprint density at radius 3 is 2.41 bits per heavy atom. The van der Waals surface area contributed by atoms with E-state index >= 15 is 0 Å². The van der Waals surface area contributed by atoms with E-state index in [0.717, 1.165) is 4.90 Å². The van der Waals surface area contributed by atoms with Crippen LogP contribution in [-0.4, -0.2) is 57.3 Å². The summed E-state index contributed by atoms with van der Waals surface area (Å²) in [5, 5.41) is 18.4. The van der Waals surface area contributed by atoms with Gasteiger partial charge >= 0.3 is 6.09 Å². The maximum atomic E-state index is 13.3. The first kappa shape index (κ1) is 16.1. The molecule has 7 heteroatoms. The van der Waals surface area contributed by atoms with Crippen LogP contribution >= 0.6 is 0 Å². The van der Waals surface area contributed by atoms with E-state index in [9.17, 15) is 19.4 Å². The third kappa shape index (κ3) is 4.45. The van der Waals surface area contributed by atoms with Crippen molar-refractivity contribution in [2.75, 3.05) is 13.1 Å². The predicted octanol–water partition coefficient (Wildman–Crippen LogP) is -0.178. The van der Waals surface area contributed by atoms with E-state index in [1.165, 1.54) is 0 Å². The maximum Gasteiger partial charge on any atom is 0.410 e. The van der Waals surface area contributed by atoms with Gasteiger partial charge in [0.25, 0.3) is 0 Å². The van der Waals surface area contributed by atoms with E-state index in [-0.39, 0.29) is 25.0 Å². The van der Waals surface area contributed by atoms with Crippen molar-refractivity contribution >= 4 is 6.09 Å². The van der Waals surface area contributed by atoms with Crippen molar-refractivity contribution in [2.45, 2.75) is 44.8 Å². The van der Waals surface area contributed by atoms with Gasteiger partial charge in [-0.05, 0) is 20.8 Å². The Kier molecular flexibility index (Phi) is 4.88. The Labute approximate surface area is 99.3 Å². The molecule has 0 saturated carbocycles. The van der Waals surface area contributed by atoms with Gasteiger partial charge in [-0.2, -0.15) is 0 Å². The van der Waals surface area contributed by atoms with Crippen LogP contribution in [0, 0.1) is 0 Å². The number of nitrogens with zero attached hydrogens (tertiary/aromatic N) is 1. The first-order valence-electron chi connectivity index (χ1n) is 5.18. The molecule has 0 aromatic heterocycles. The van der Waals surface area contributed by atoms with Crippen LogP contribution in [0.25, 0.3) is 0 Å². The van der Waals surface area contributed by atoms with Gasteiger partial charge < -0.3 is 25.3 Å². The number of carbonyl (C=O) groups excluding carboxylic acids is 1. The average molecular weight is 253 g/mol. The second-order valence-corrected chi connectivity index (χ2v) is 5.02. The summed E-state index contributed by atoms with van der Waals surface area (Å²) in [6.45, 7) is 4.85. The fraction of sp³-hybridized carbons (Fsp3) is 0.900. The Hall–Kier alpha value is -0.920. The van der Waals surface area contributed by atoms with Gasteiger partial charge in [-0.15, -0.1) is 0 Å². The molecule has 1 rings (SSSR count). The molecule has 17 heavy (non-hydrogen) atoms. The van der Waals surface area contributed by atoms with Crippen molar-refractivity contribution in [3.05, 3.63) is 0 Å². The molecule has 102 valence electrons. The van der Waals surface area contributed by atoms with Crippen molar-refractivity contribution in [1.29, 1.82) is 0 Å². The molecule has 1 aliphatic heterocycles. The summed E-state index contributed by atoms with van der Waals surface area (Å²) in [5.41, 5.74) is -0.643. The lowest BCUT2D eigenvalue weighted by Crippen LogP contribution is -2.55. The molecule has 1 saturated heterocycles. The van der Waals surface area contributed by atoms with Gasteiger partial charge in [0.05, 0.1) is 6.54 Å². The molecular weight excluding hydrogens is 233 g/mol. The number of alkyl halides is 1. The summed E-state index contributed by atoms with van der Waals surface area (Å²) >= 11 is 0. The molecule has 0 aromatic rings. The Bertz CT molecular complexity index is 276. The number of likely N-dealkylation sites (tertiary alicyclic amines) is 1. The minimum absolute atomic E-state index is 0. The number of piperidine rings is 1. The monoisotopic (exact) mass is 253 g/mol. The Morgan fingerprint density at radius 1 is 1.47 bits per heavy atom. The fourth-order valence-corrected chi connectivity index (χ4v) is 1.38. The lowest BCUT2D eigenvalue weighted by Gasteiger charge is -2.37. The van der Waals surface area contributed by atoms with Crippen LogP contribution in [0.15, 0.2) is 0 Å². The molecule has 1 amide bonds. The van der Waals surface area contributed by atoms with Gasteiger partial charge in [-0.1, -0.05) is 0 Å². The van der Waals surface area contributed by atoms with Crippen LogP contribution in [-0.2, 0) is 4.74 Å². The zero-order chi connectivity index (χ0) is 12.6. The molecule has 4 N–H and O–H groups in total. The third-order valence-electron chi connectivity index (χ3n) is 2.28. The molecule has 1 unspecified atom stereocenters. The van der Waals surface area contributed by atoms with Gasteiger partial charge in [0.1, 0.15) is 5.60 Å². The Morgan fingerprint density at radius 2 is 2.00 bits per heavy atom. The number of halogens is 1. The quantitative estimate of drug-likeness (QED) is 0.585. The first-order valence-corrected chi connectivity index (χ1v) is 5.18. The number of ether oxygens (including phenoxy) is 1. The molecule has 0 bridgehead atoms. The normalized spacial score (nSPS) is 23.9. The number of rotatable bonds is 0. The molecule has 6 nitrogen and oxygen atoms in total. The Balaban J connectivity index is 0.00000256. The number of hydrogen-bond donors (Lipinski definition) is 2. The van der Waals surface area contributed by atoms with Crippen molar-refractivity contribution in [3.63, 3.8) is 0 Å². The zero-order valence-corrected chi connectivity index (χ0v) is 10.2. The fourth-order valence-electron chi connectivity index (χ4n) is 1.38. The second kappa shape index (κ2) is 5.16. The molecule has 1 aliphatic rings. The van der Waals surface area contributed by atoms with E-state index < -0.39 is 23.7 Å². The highest BCUT2D eigenvalue weighted by Crippen LogP contribution is 2.23. The maximum absolute atomic E-state index is 13.3. The minimum atomic E-state index is -2.33. The lowest BCUT2D eigenvalue weighted by atomic mass is 10.0. The van der Waals surface area contributed by atoms with Crippen molar-refractivity contribution in [2.24, 2.45) is 0 Å². The molecule has 1 fully saturated rings. The summed E-state index contributed by atoms with van der Waals surface area (Å²) in [5.74, 6) is -2.33. The van der Waals surface area contributed by atoms with Crippen molar-refractivity contribution < 1.29 is 29.6 Å². The summed E-state index contributed by atoms with van der Waals surface area (Å²) in [6.07, 6.45) is -2.72. The van der Waals surface area contributed by atoms with Crippen LogP contribution in [0.3, 0.4) is 0 Å². The summed E-state index contributed by atoms with van der Waals surface area (Å²) in [7, 11) is 0. The molecule has 1 heterocycles. The third-order valence-corrected chi connectivity index (χ3v) is 2.28. The molecule has 0 aromatic carbocycles. The predicted molar refractivity (Wildman–Crippen MR) is 58.1 cm³/mol. The van der Waals surface area contributed by atoms with Crippen LogP contribution in [0.1, 0.15) is 27.2 Å². The topological polar surface area (TPSA) is 102 Å². The van der Waals surface area contributed by atoms with Crippen molar-refractivity contribution in [3.8, 4) is 0 Å². The summed E-state index contributed by atoms with van der Waals surface area (Å²) in [6, 6.07) is 0. The van der Waals surface area contributed by atoms with E-state index in [4.69, 9.17) is 4.74 Å². The van der Waals surface area contributed by atoms with E-state index in [0.29, 0.717) is 0 Å². The highest BCUT2D eigenvalue weighted by molar-refractivity contribution is 5.68. The zero-order valence-electron chi connectivity index (χ0n) is 10.2. The molecular formula is C10H20FNO5. The molecule has 0 spiro atoms. The summed E-state index contributed by atoms with van der Waals surface area (Å²) in [4.78, 5) is 12.7. The SMILES string of the molecule is CC(C)(C)OC(=O)N1CCC(O)(O)C(F)C1.O. The van der Waals surface area contributed by atoms with Crippen molar-refractivity contribution in [1.82, 2.24) is 4.90 Å². The van der Waals surface area contributed by atoms with E-state index in [2.05, 4.69) is 0 Å². The lowest BCUT2D eigenvalue weighted by molar-refractivity contribution is -0.226. The highest BCUT2D eigenvalue weighted by Gasteiger charge is 2.42. The standard InChI is InChI=1S/C10H18FNO4.H2O/c1-9(2,3)16-8(13)12-5-4-10(14,15)7(11)6-12;/h7,14-15H,4-6H2,1-3H3;1H2. The van der Waals surface area contributed by atoms with Gasteiger partial charge in [0.2, 0.25) is 0 Å². The molecule has 1 atom stereocenters. The van der Waals surface area contributed by atoms with Gasteiger partial charge in [-0.25, -0.2) is 9.18 Å². The smallest absolute Gasteiger partial charge is 0.410 e. The van der Waals surface area contributed by atoms with Crippen LogP contribution in [0.5, 0.6) is 0 Å². The average Bonchev–Trinajstić information content (AvgIpc) is 2.06. The van der Waals surface area contributed by atoms with Gasteiger partial charge in [0, 0.05) is 13.0 Å². The van der Waals surface area contributed by atoms with E-state index in [1.807, 2.05) is 0 Å². The van der Waals surface area contributed by atoms with Gasteiger partial charge in [-0.3, -0.25) is 0 Å². The second-order valence-electron chi connectivity index (χ2n) is 5.02. The molecule has 0 radical (unpaired) electrons. The van der Waals surface area contributed by atoms with Gasteiger partial charge in [0.15, 0.2) is 12.0 Å². The number of aliphatic hydroxyl groups is 2. The van der Waals surface area contributed by atoms with E-state index in [1.54, 1.807) is 20.8 Å². The van der Waals surface area contributed by atoms with Crippen LogP contribution < -0.4 is 0 Å². The minimum Gasteiger partial charge on any atom is -0.444 e. The number of amides is 1.